The molecule has 2 atom stereocenters. The summed E-state index contributed by atoms with van der Waals surface area (Å²) in [4.78, 5) is 17.4. The van der Waals surface area contributed by atoms with Crippen LogP contribution in [0.4, 0.5) is 0 Å². The van der Waals surface area contributed by atoms with Gasteiger partial charge in [-0.3, -0.25) is 4.79 Å². The second kappa shape index (κ2) is 8.11. The third-order valence-electron chi connectivity index (χ3n) is 5.20. The zero-order chi connectivity index (χ0) is 20.6. The summed E-state index contributed by atoms with van der Waals surface area (Å²) in [6, 6.07) is 6.64. The number of amides is 1. The van der Waals surface area contributed by atoms with E-state index in [9.17, 15) is 13.2 Å². The first kappa shape index (κ1) is 20.4. The fraction of sp³-hybridized carbons (Fsp3) is 0.474. The van der Waals surface area contributed by atoms with E-state index in [1.165, 1.54) is 15.6 Å². The zero-order valence-corrected chi connectivity index (χ0v) is 17.8. The molecule has 156 valence electrons. The summed E-state index contributed by atoms with van der Waals surface area (Å²) < 4.78 is 39.3. The standard InChI is InChI=1S/C19H23N3O5S2/c1-12-5-3-4-6-17(12)29(24,25)22-7-15-16(8-22)27-10-14(9-26-15)21-19(23)18-13(2)20-11-28-18/h3-6,11,14-16H,7-10H2,1-2H3,(H,21,23)/t15-,16-/m0/s1. The first-order valence-corrected chi connectivity index (χ1v) is 11.7. The summed E-state index contributed by atoms with van der Waals surface area (Å²) >= 11 is 1.29. The van der Waals surface area contributed by atoms with Crippen LogP contribution in [0.1, 0.15) is 20.9 Å². The molecule has 0 spiro atoms. The van der Waals surface area contributed by atoms with Crippen molar-refractivity contribution in [1.29, 1.82) is 0 Å². The molecule has 0 radical (unpaired) electrons. The molecule has 29 heavy (non-hydrogen) atoms. The molecule has 1 N–H and O–H groups in total. The predicted molar refractivity (Wildman–Crippen MR) is 108 cm³/mol. The lowest BCUT2D eigenvalue weighted by molar-refractivity contribution is -0.00461. The van der Waals surface area contributed by atoms with Crippen molar-refractivity contribution in [2.75, 3.05) is 26.3 Å². The molecule has 1 aromatic heterocycles. The van der Waals surface area contributed by atoms with Crippen molar-refractivity contribution in [2.24, 2.45) is 0 Å². The molecule has 1 aromatic carbocycles. The summed E-state index contributed by atoms with van der Waals surface area (Å²) in [7, 11) is -3.61. The average molecular weight is 438 g/mol. The van der Waals surface area contributed by atoms with Gasteiger partial charge < -0.3 is 14.8 Å². The number of carbonyl (C=O) groups is 1. The first-order valence-electron chi connectivity index (χ1n) is 9.36. The molecule has 0 saturated carbocycles. The molecule has 2 aliphatic rings. The molecule has 0 bridgehead atoms. The van der Waals surface area contributed by atoms with Crippen LogP contribution in [-0.2, 0) is 19.5 Å². The quantitative estimate of drug-likeness (QED) is 0.775. The van der Waals surface area contributed by atoms with Crippen molar-refractivity contribution in [3.8, 4) is 0 Å². The van der Waals surface area contributed by atoms with Gasteiger partial charge in [0.05, 0.1) is 47.6 Å². The van der Waals surface area contributed by atoms with Crippen LogP contribution >= 0.6 is 11.3 Å². The first-order chi connectivity index (χ1) is 13.9. The van der Waals surface area contributed by atoms with Crippen LogP contribution in [0.2, 0.25) is 0 Å². The number of ether oxygens (including phenoxy) is 2. The maximum atomic E-state index is 13.0. The molecule has 2 fully saturated rings. The van der Waals surface area contributed by atoms with E-state index in [1.807, 2.05) is 6.07 Å². The van der Waals surface area contributed by atoms with E-state index in [0.717, 1.165) is 0 Å². The molecular weight excluding hydrogens is 414 g/mol. The lowest BCUT2D eigenvalue weighted by Crippen LogP contribution is -2.41. The number of rotatable bonds is 4. The molecule has 0 unspecified atom stereocenters. The largest absolute Gasteiger partial charge is 0.372 e. The molecule has 2 aromatic rings. The number of nitrogens with zero attached hydrogens (tertiary/aromatic N) is 2. The Balaban J connectivity index is 1.39. The van der Waals surface area contributed by atoms with Gasteiger partial charge in [0.15, 0.2) is 0 Å². The van der Waals surface area contributed by atoms with Crippen LogP contribution in [0.5, 0.6) is 0 Å². The van der Waals surface area contributed by atoms with Crippen LogP contribution in [0.3, 0.4) is 0 Å². The van der Waals surface area contributed by atoms with Gasteiger partial charge in [0.2, 0.25) is 10.0 Å². The SMILES string of the molecule is Cc1ccccc1S(=O)(=O)N1C[C@@H]2OCC(NC(=O)c3scnc3C)CO[C@H]2C1. The Morgan fingerprint density at radius 1 is 1.17 bits per heavy atom. The predicted octanol–water partition coefficient (Wildman–Crippen LogP) is 1.35. The fourth-order valence-corrected chi connectivity index (χ4v) is 5.99. The highest BCUT2D eigenvalue weighted by atomic mass is 32.2. The molecule has 4 rings (SSSR count). The van der Waals surface area contributed by atoms with Gasteiger partial charge in [-0.2, -0.15) is 4.31 Å². The molecule has 0 aliphatic carbocycles. The summed E-state index contributed by atoms with van der Waals surface area (Å²) in [5.74, 6) is -0.196. The van der Waals surface area contributed by atoms with Gasteiger partial charge in [-0.1, -0.05) is 18.2 Å². The minimum absolute atomic E-state index is 0.196. The monoisotopic (exact) mass is 437 g/mol. The van der Waals surface area contributed by atoms with E-state index in [4.69, 9.17) is 9.47 Å². The molecule has 10 heteroatoms. The van der Waals surface area contributed by atoms with Crippen LogP contribution in [-0.4, -0.2) is 68.2 Å². The maximum absolute atomic E-state index is 13.0. The highest BCUT2D eigenvalue weighted by Crippen LogP contribution is 2.27. The van der Waals surface area contributed by atoms with E-state index in [2.05, 4.69) is 10.3 Å². The normalized spacial score (nSPS) is 23.5. The molecule has 2 aliphatic heterocycles. The van der Waals surface area contributed by atoms with Gasteiger partial charge in [0.1, 0.15) is 4.88 Å². The van der Waals surface area contributed by atoms with Crippen molar-refractivity contribution >= 4 is 27.3 Å². The Bertz CT molecular complexity index is 991. The van der Waals surface area contributed by atoms with Gasteiger partial charge in [-0.15, -0.1) is 11.3 Å². The number of hydrogen-bond donors (Lipinski definition) is 1. The van der Waals surface area contributed by atoms with Gasteiger partial charge in [0.25, 0.3) is 5.91 Å². The van der Waals surface area contributed by atoms with Crippen LogP contribution in [0.25, 0.3) is 0 Å². The van der Waals surface area contributed by atoms with E-state index in [-0.39, 0.29) is 50.5 Å². The van der Waals surface area contributed by atoms with Crippen molar-refractivity contribution in [2.45, 2.75) is 37.0 Å². The lowest BCUT2D eigenvalue weighted by atomic mass is 10.2. The van der Waals surface area contributed by atoms with Gasteiger partial charge in [0, 0.05) is 13.1 Å². The molecule has 2 saturated heterocycles. The number of nitrogens with one attached hydrogen (secondary N) is 1. The number of thiazole rings is 1. The molecule has 3 heterocycles. The van der Waals surface area contributed by atoms with Crippen LogP contribution < -0.4 is 5.32 Å². The van der Waals surface area contributed by atoms with E-state index >= 15 is 0 Å². The second-order valence-corrected chi connectivity index (χ2v) is 10.0. The summed E-state index contributed by atoms with van der Waals surface area (Å²) in [5.41, 5.74) is 3.04. The molecular formula is C19H23N3O5S2. The van der Waals surface area contributed by atoms with Gasteiger partial charge in [-0.25, -0.2) is 13.4 Å². The third-order valence-corrected chi connectivity index (χ3v) is 8.12. The Morgan fingerprint density at radius 3 is 2.41 bits per heavy atom. The second-order valence-electron chi connectivity index (χ2n) is 7.27. The number of aryl methyl sites for hydroxylation is 2. The number of sulfonamides is 1. The Hall–Kier alpha value is -1.85. The smallest absolute Gasteiger partial charge is 0.263 e. The highest BCUT2D eigenvalue weighted by molar-refractivity contribution is 7.89. The van der Waals surface area contributed by atoms with E-state index < -0.39 is 10.0 Å². The van der Waals surface area contributed by atoms with Crippen molar-refractivity contribution < 1.29 is 22.7 Å². The van der Waals surface area contributed by atoms with Crippen molar-refractivity contribution in [3.05, 3.63) is 45.9 Å². The minimum atomic E-state index is -3.61. The highest BCUT2D eigenvalue weighted by Gasteiger charge is 2.43. The summed E-state index contributed by atoms with van der Waals surface area (Å²) in [6.07, 6.45) is -0.721. The topological polar surface area (TPSA) is 97.8 Å². The Kier molecular flexibility index (Phi) is 5.71. The van der Waals surface area contributed by atoms with Crippen LogP contribution in [0, 0.1) is 13.8 Å². The number of hydrogen-bond acceptors (Lipinski definition) is 7. The maximum Gasteiger partial charge on any atom is 0.263 e. The number of fused-ring (bicyclic) bond motifs is 1. The fourth-order valence-electron chi connectivity index (χ4n) is 3.59. The zero-order valence-electron chi connectivity index (χ0n) is 16.2. The lowest BCUT2D eigenvalue weighted by Gasteiger charge is -2.20. The molecule has 1 amide bonds. The third kappa shape index (κ3) is 4.08. The summed E-state index contributed by atoms with van der Waals surface area (Å²) in [6.45, 7) is 4.57. The van der Waals surface area contributed by atoms with Crippen LogP contribution in [0.15, 0.2) is 34.7 Å². The number of aromatic nitrogens is 1. The number of carbonyl (C=O) groups excluding carboxylic acids is 1. The Morgan fingerprint density at radius 2 is 1.83 bits per heavy atom. The molecule has 8 nitrogen and oxygen atoms in total. The van der Waals surface area contributed by atoms with Crippen molar-refractivity contribution in [1.82, 2.24) is 14.6 Å². The summed E-state index contributed by atoms with van der Waals surface area (Å²) in [5, 5.41) is 2.92. The van der Waals surface area contributed by atoms with Gasteiger partial charge in [-0.05, 0) is 25.5 Å². The van der Waals surface area contributed by atoms with E-state index in [0.29, 0.717) is 21.0 Å². The Labute approximate surface area is 173 Å². The number of benzene rings is 1. The van der Waals surface area contributed by atoms with Crippen molar-refractivity contribution in [3.63, 3.8) is 0 Å². The minimum Gasteiger partial charge on any atom is -0.372 e. The average Bonchev–Trinajstić information content (AvgIpc) is 3.26. The van der Waals surface area contributed by atoms with Gasteiger partial charge >= 0.3 is 0 Å². The van der Waals surface area contributed by atoms with E-state index in [1.54, 1.807) is 37.6 Å².